The number of sulfonamides is 1. The number of halogens is 2. The van der Waals surface area contributed by atoms with Crippen LogP contribution in [-0.4, -0.2) is 46.9 Å². The minimum absolute atomic E-state index is 0. The van der Waals surface area contributed by atoms with Crippen LogP contribution in [0.25, 0.3) is 0 Å². The highest BCUT2D eigenvalue weighted by atomic mass is 35.5. The number of hydrogen-bond acceptors (Lipinski definition) is 6. The molecule has 2 aromatic rings. The molecule has 0 aliphatic heterocycles. The monoisotopic (exact) mass is 461 g/mol. The molecule has 0 aliphatic rings. The maximum atomic E-state index is 12.7. The minimum atomic E-state index is -3.82. The molecule has 0 saturated heterocycles. The third kappa shape index (κ3) is 7.97. The van der Waals surface area contributed by atoms with E-state index in [1.165, 1.54) is 19.2 Å². The molecule has 0 spiro atoms. The van der Waals surface area contributed by atoms with E-state index in [4.69, 9.17) is 9.47 Å². The van der Waals surface area contributed by atoms with Crippen LogP contribution in [0.15, 0.2) is 41.3 Å². The van der Waals surface area contributed by atoms with Crippen LogP contribution in [0.3, 0.4) is 0 Å². The predicted molar refractivity (Wildman–Crippen MR) is 118 cm³/mol. The molecule has 2 N–H and O–H groups in total. The van der Waals surface area contributed by atoms with Crippen molar-refractivity contribution < 1.29 is 22.3 Å². The van der Waals surface area contributed by atoms with Crippen LogP contribution >= 0.6 is 12.4 Å². The van der Waals surface area contributed by atoms with Crippen molar-refractivity contribution in [2.45, 2.75) is 31.1 Å². The fourth-order valence-corrected chi connectivity index (χ4v) is 3.63. The van der Waals surface area contributed by atoms with Crippen LogP contribution in [0.5, 0.6) is 11.8 Å². The molecule has 2 rings (SSSR count). The minimum Gasteiger partial charge on any atom is -0.479 e. The Bertz CT molecular complexity index is 867. The Morgan fingerprint density at radius 1 is 1.10 bits per heavy atom. The summed E-state index contributed by atoms with van der Waals surface area (Å²) in [5.41, 5.74) is 1.10. The molecule has 0 aliphatic carbocycles. The summed E-state index contributed by atoms with van der Waals surface area (Å²) in [7, 11) is -2.41. The van der Waals surface area contributed by atoms with Gasteiger partial charge in [-0.05, 0) is 49.6 Å². The van der Waals surface area contributed by atoms with Crippen LogP contribution in [0.4, 0.5) is 10.1 Å². The summed E-state index contributed by atoms with van der Waals surface area (Å²) >= 11 is 0. The fourth-order valence-electron chi connectivity index (χ4n) is 2.58. The van der Waals surface area contributed by atoms with Gasteiger partial charge in [0, 0.05) is 12.6 Å². The smallest absolute Gasteiger partial charge is 0.262 e. The Kier molecular flexibility index (Phi) is 11.5. The van der Waals surface area contributed by atoms with E-state index in [0.29, 0.717) is 31.9 Å². The summed E-state index contributed by atoms with van der Waals surface area (Å²) in [5, 5.41) is 3.22. The van der Waals surface area contributed by atoms with E-state index in [9.17, 15) is 12.8 Å². The van der Waals surface area contributed by atoms with Gasteiger partial charge in [-0.2, -0.15) is 4.98 Å². The average Bonchev–Trinajstić information content (AvgIpc) is 2.73. The molecule has 0 saturated carbocycles. The number of methoxy groups -OCH3 is 1. The standard InChI is InChI=1S/C20H28FN3O4S.ClH/c1-3-13-22-14-15-28-19-11-10-18(20(23-19)27-2)24-29(25,26)17-8-6-16(7-9-17)5-4-12-21;/h6-11,22,24H,3-5,12-15H2,1-2H3;1H. The second-order valence-corrected chi connectivity index (χ2v) is 8.03. The van der Waals surface area contributed by atoms with Gasteiger partial charge in [0.05, 0.1) is 18.7 Å². The second-order valence-electron chi connectivity index (χ2n) is 6.35. The zero-order valence-corrected chi connectivity index (χ0v) is 18.8. The molecule has 7 nitrogen and oxygen atoms in total. The zero-order chi connectivity index (χ0) is 21.1. The van der Waals surface area contributed by atoms with Gasteiger partial charge in [0.15, 0.2) is 0 Å². The average molecular weight is 462 g/mol. The topological polar surface area (TPSA) is 89.6 Å². The molecule has 10 heteroatoms. The van der Waals surface area contributed by atoms with Crippen molar-refractivity contribution in [1.82, 2.24) is 10.3 Å². The van der Waals surface area contributed by atoms with Crippen LogP contribution < -0.4 is 19.5 Å². The first-order valence-electron chi connectivity index (χ1n) is 9.56. The number of aryl methyl sites for hydroxylation is 1. The molecule has 30 heavy (non-hydrogen) atoms. The maximum Gasteiger partial charge on any atom is 0.262 e. The van der Waals surface area contributed by atoms with E-state index in [1.807, 2.05) is 0 Å². The Hall–Kier alpha value is -2.10. The first-order chi connectivity index (χ1) is 14.0. The number of hydrogen-bond donors (Lipinski definition) is 2. The first-order valence-corrected chi connectivity index (χ1v) is 11.0. The highest BCUT2D eigenvalue weighted by Crippen LogP contribution is 2.27. The van der Waals surface area contributed by atoms with Gasteiger partial charge in [0.1, 0.15) is 12.3 Å². The van der Waals surface area contributed by atoms with Crippen LogP contribution in [-0.2, 0) is 16.4 Å². The van der Waals surface area contributed by atoms with Gasteiger partial charge in [0.2, 0.25) is 11.8 Å². The summed E-state index contributed by atoms with van der Waals surface area (Å²) in [6, 6.07) is 9.49. The quantitative estimate of drug-likeness (QED) is 0.443. The van der Waals surface area contributed by atoms with Crippen LogP contribution in [0.2, 0.25) is 0 Å². The van der Waals surface area contributed by atoms with E-state index in [0.717, 1.165) is 18.5 Å². The summed E-state index contributed by atoms with van der Waals surface area (Å²) in [4.78, 5) is 4.30. The molecule has 0 atom stereocenters. The van der Waals surface area contributed by atoms with Crippen molar-refractivity contribution in [2.24, 2.45) is 0 Å². The Morgan fingerprint density at radius 3 is 2.47 bits per heavy atom. The third-order valence-corrected chi connectivity index (χ3v) is 5.44. The zero-order valence-electron chi connectivity index (χ0n) is 17.2. The first kappa shape index (κ1) is 25.9. The highest BCUT2D eigenvalue weighted by molar-refractivity contribution is 7.92. The van der Waals surface area contributed by atoms with Gasteiger partial charge in [-0.25, -0.2) is 8.42 Å². The summed E-state index contributed by atoms with van der Waals surface area (Å²) in [5.74, 6) is 0.465. The van der Waals surface area contributed by atoms with Crippen molar-refractivity contribution in [3.8, 4) is 11.8 Å². The molecular weight excluding hydrogens is 433 g/mol. The molecule has 1 aromatic carbocycles. The van der Waals surface area contributed by atoms with E-state index in [1.54, 1.807) is 24.3 Å². The molecule has 168 valence electrons. The lowest BCUT2D eigenvalue weighted by Crippen LogP contribution is -2.21. The summed E-state index contributed by atoms with van der Waals surface area (Å²) in [6.45, 7) is 3.73. The Morgan fingerprint density at radius 2 is 1.83 bits per heavy atom. The molecular formula is C20H29ClFN3O4S. The highest BCUT2D eigenvalue weighted by Gasteiger charge is 2.18. The van der Waals surface area contributed by atoms with Crippen LogP contribution in [0.1, 0.15) is 25.3 Å². The third-order valence-electron chi connectivity index (χ3n) is 4.06. The Balaban J connectivity index is 0.00000450. The number of ether oxygens (including phenoxy) is 2. The van der Waals surface area contributed by atoms with Gasteiger partial charge in [-0.1, -0.05) is 19.1 Å². The number of benzene rings is 1. The molecule has 0 fully saturated rings. The number of anilines is 1. The number of pyridine rings is 1. The lowest BCUT2D eigenvalue weighted by Gasteiger charge is -2.13. The number of rotatable bonds is 13. The SMILES string of the molecule is CCCNCCOc1ccc(NS(=O)(=O)c2ccc(CCCF)cc2)c(OC)n1.Cl. The fraction of sp³-hybridized carbons (Fsp3) is 0.450. The number of alkyl halides is 1. The van der Waals surface area contributed by atoms with Crippen molar-refractivity contribution in [3.63, 3.8) is 0 Å². The molecule has 0 bridgehead atoms. The number of nitrogens with zero attached hydrogens (tertiary/aromatic N) is 1. The number of nitrogens with one attached hydrogen (secondary N) is 2. The van der Waals surface area contributed by atoms with Gasteiger partial charge >= 0.3 is 0 Å². The van der Waals surface area contributed by atoms with E-state index in [2.05, 4.69) is 21.9 Å². The second kappa shape index (κ2) is 13.3. The van der Waals surface area contributed by atoms with Gasteiger partial charge in [-0.3, -0.25) is 9.11 Å². The molecule has 1 aromatic heterocycles. The van der Waals surface area contributed by atoms with E-state index >= 15 is 0 Å². The molecule has 0 amide bonds. The van der Waals surface area contributed by atoms with E-state index in [-0.39, 0.29) is 28.9 Å². The molecule has 1 heterocycles. The predicted octanol–water partition coefficient (Wildman–Crippen LogP) is 3.59. The lowest BCUT2D eigenvalue weighted by atomic mass is 10.1. The van der Waals surface area contributed by atoms with Crippen LogP contribution in [0, 0.1) is 0 Å². The van der Waals surface area contributed by atoms with Gasteiger partial charge < -0.3 is 14.8 Å². The number of aromatic nitrogens is 1. The van der Waals surface area contributed by atoms with E-state index < -0.39 is 16.7 Å². The summed E-state index contributed by atoms with van der Waals surface area (Å²) < 4.78 is 50.8. The van der Waals surface area contributed by atoms with Crippen molar-refractivity contribution in [1.29, 1.82) is 0 Å². The van der Waals surface area contributed by atoms with Crippen molar-refractivity contribution in [2.75, 3.05) is 38.2 Å². The summed E-state index contributed by atoms with van der Waals surface area (Å²) in [6.07, 6.45) is 2.02. The molecule has 0 unspecified atom stereocenters. The maximum absolute atomic E-state index is 12.7. The lowest BCUT2D eigenvalue weighted by molar-refractivity contribution is 0.296. The van der Waals surface area contributed by atoms with Crippen molar-refractivity contribution >= 4 is 28.1 Å². The van der Waals surface area contributed by atoms with Gasteiger partial charge in [-0.15, -0.1) is 12.4 Å². The normalized spacial score (nSPS) is 10.9. The van der Waals surface area contributed by atoms with Crippen molar-refractivity contribution in [3.05, 3.63) is 42.0 Å². The molecule has 0 radical (unpaired) electrons. The Labute approximate surface area is 183 Å². The largest absolute Gasteiger partial charge is 0.479 e. The van der Waals surface area contributed by atoms with Gasteiger partial charge in [0.25, 0.3) is 10.0 Å².